The molecule has 18 heavy (non-hydrogen) atoms. The molecule has 0 saturated carbocycles. The molecule has 0 aliphatic carbocycles. The largest absolute Gasteiger partial charge is 0.368 e. The summed E-state index contributed by atoms with van der Waals surface area (Å²) in [5.74, 6) is 1.94. The normalized spacial score (nSPS) is 20.2. The van der Waals surface area contributed by atoms with Gasteiger partial charge in [-0.15, -0.1) is 0 Å². The van der Waals surface area contributed by atoms with Gasteiger partial charge in [-0.3, -0.25) is 0 Å². The summed E-state index contributed by atoms with van der Waals surface area (Å²) in [6.45, 7) is 6.95. The number of rotatable bonds is 3. The van der Waals surface area contributed by atoms with Crippen LogP contribution in [0.15, 0.2) is 0 Å². The number of piperidine rings is 1. The van der Waals surface area contributed by atoms with Crippen molar-refractivity contribution in [2.75, 3.05) is 30.3 Å². The fraction of sp³-hybridized carbons (Fsp3) is 0.692. The van der Waals surface area contributed by atoms with Gasteiger partial charge in [0.05, 0.1) is 5.69 Å². The Kier molecular flexibility index (Phi) is 4.01. The number of hydrogen-bond donors (Lipinski definition) is 2. The van der Waals surface area contributed by atoms with Crippen LogP contribution in [0, 0.1) is 12.8 Å². The van der Waals surface area contributed by atoms with Gasteiger partial charge in [0, 0.05) is 18.7 Å². The second kappa shape index (κ2) is 5.52. The molecule has 5 nitrogen and oxygen atoms in total. The highest BCUT2D eigenvalue weighted by Crippen LogP contribution is 2.26. The third kappa shape index (κ3) is 2.56. The molecule has 1 saturated heterocycles. The van der Waals surface area contributed by atoms with E-state index >= 15 is 0 Å². The molecular formula is C13H23N5. The fourth-order valence-corrected chi connectivity index (χ4v) is 2.67. The molecule has 100 valence electrons. The van der Waals surface area contributed by atoms with Crippen LogP contribution in [-0.2, 0) is 6.42 Å². The maximum atomic E-state index is 5.80. The molecule has 1 aliphatic rings. The molecule has 0 spiro atoms. The molecule has 0 aromatic carbocycles. The van der Waals surface area contributed by atoms with E-state index in [-0.39, 0.29) is 0 Å². The van der Waals surface area contributed by atoms with Crippen LogP contribution in [0.5, 0.6) is 0 Å². The number of nitrogens with two attached hydrogens (primary N) is 2. The molecule has 0 radical (unpaired) electrons. The molecule has 1 fully saturated rings. The fourth-order valence-electron chi connectivity index (χ4n) is 2.67. The van der Waals surface area contributed by atoms with Crippen molar-refractivity contribution in [3.63, 3.8) is 0 Å². The van der Waals surface area contributed by atoms with Gasteiger partial charge < -0.3 is 16.4 Å². The highest BCUT2D eigenvalue weighted by Gasteiger charge is 2.22. The highest BCUT2D eigenvalue weighted by molar-refractivity contribution is 5.51. The second-order valence-electron chi connectivity index (χ2n) is 5.02. The Morgan fingerprint density at radius 2 is 2.17 bits per heavy atom. The summed E-state index contributed by atoms with van der Waals surface area (Å²) in [7, 11) is 0. The van der Waals surface area contributed by atoms with Gasteiger partial charge in [0.1, 0.15) is 5.82 Å². The van der Waals surface area contributed by atoms with Crippen LogP contribution in [0.1, 0.15) is 31.0 Å². The minimum absolute atomic E-state index is 0.377. The predicted molar refractivity (Wildman–Crippen MR) is 74.6 cm³/mol. The lowest BCUT2D eigenvalue weighted by molar-refractivity contribution is 0.421. The number of hydrogen-bond acceptors (Lipinski definition) is 5. The number of aryl methyl sites for hydroxylation is 1. The lowest BCUT2D eigenvalue weighted by Gasteiger charge is -2.34. The van der Waals surface area contributed by atoms with E-state index in [1.165, 1.54) is 12.8 Å². The molecule has 2 heterocycles. The van der Waals surface area contributed by atoms with E-state index in [4.69, 9.17) is 11.5 Å². The van der Waals surface area contributed by atoms with Crippen LogP contribution in [0.2, 0.25) is 0 Å². The molecule has 5 heteroatoms. The predicted octanol–water partition coefficient (Wildman–Crippen LogP) is 1.10. The van der Waals surface area contributed by atoms with Gasteiger partial charge in [0.2, 0.25) is 5.95 Å². The Labute approximate surface area is 109 Å². The Morgan fingerprint density at radius 3 is 2.83 bits per heavy atom. The minimum Gasteiger partial charge on any atom is -0.368 e. The summed E-state index contributed by atoms with van der Waals surface area (Å²) in [4.78, 5) is 11.0. The lowest BCUT2D eigenvalue weighted by atomic mass is 9.98. The molecule has 1 unspecified atom stereocenters. The van der Waals surface area contributed by atoms with E-state index in [9.17, 15) is 0 Å². The third-order valence-electron chi connectivity index (χ3n) is 3.72. The second-order valence-corrected chi connectivity index (χ2v) is 5.02. The molecule has 1 aromatic rings. The van der Waals surface area contributed by atoms with Gasteiger partial charge in [-0.2, -0.15) is 4.98 Å². The average Bonchev–Trinajstić information content (AvgIpc) is 2.41. The van der Waals surface area contributed by atoms with E-state index in [0.29, 0.717) is 11.9 Å². The van der Waals surface area contributed by atoms with Crippen LogP contribution >= 0.6 is 0 Å². The van der Waals surface area contributed by atoms with Crippen LogP contribution in [0.25, 0.3) is 0 Å². The van der Waals surface area contributed by atoms with E-state index in [1.807, 2.05) is 0 Å². The first-order valence-electron chi connectivity index (χ1n) is 6.73. The van der Waals surface area contributed by atoms with Gasteiger partial charge in [-0.25, -0.2) is 4.98 Å². The van der Waals surface area contributed by atoms with Crippen molar-refractivity contribution >= 4 is 11.8 Å². The standard InChI is InChI=1S/C13H23N5/c1-3-11-9(2)12(17-13(15)16-11)18-6-4-5-10(7-14)8-18/h10H,3-8,14H2,1-2H3,(H2,15,16,17). The van der Waals surface area contributed by atoms with Crippen LogP contribution in [-0.4, -0.2) is 29.6 Å². The van der Waals surface area contributed by atoms with Crippen molar-refractivity contribution < 1.29 is 0 Å². The summed E-state index contributed by atoms with van der Waals surface area (Å²) in [6.07, 6.45) is 3.28. The quantitative estimate of drug-likeness (QED) is 0.838. The van der Waals surface area contributed by atoms with E-state index in [0.717, 1.165) is 43.1 Å². The SMILES string of the molecule is CCc1nc(N)nc(N2CCCC(CN)C2)c1C. The zero-order chi connectivity index (χ0) is 13.1. The summed E-state index contributed by atoms with van der Waals surface area (Å²) in [5.41, 5.74) is 13.8. The van der Waals surface area contributed by atoms with Crippen molar-refractivity contribution in [1.29, 1.82) is 0 Å². The van der Waals surface area contributed by atoms with Crippen molar-refractivity contribution in [3.8, 4) is 0 Å². The van der Waals surface area contributed by atoms with Crippen LogP contribution in [0.4, 0.5) is 11.8 Å². The Morgan fingerprint density at radius 1 is 1.39 bits per heavy atom. The van der Waals surface area contributed by atoms with E-state index < -0.39 is 0 Å². The van der Waals surface area contributed by atoms with Gasteiger partial charge in [0.25, 0.3) is 0 Å². The number of aromatic nitrogens is 2. The van der Waals surface area contributed by atoms with Crippen molar-refractivity contribution in [1.82, 2.24) is 9.97 Å². The molecule has 0 amide bonds. The summed E-state index contributed by atoms with van der Waals surface area (Å²) in [5, 5.41) is 0. The average molecular weight is 249 g/mol. The first-order chi connectivity index (χ1) is 8.65. The lowest BCUT2D eigenvalue weighted by Crippen LogP contribution is -2.39. The van der Waals surface area contributed by atoms with Crippen LogP contribution in [0.3, 0.4) is 0 Å². The maximum absolute atomic E-state index is 5.80. The Bertz CT molecular complexity index is 418. The number of nitrogen functional groups attached to an aromatic ring is 1. The van der Waals surface area contributed by atoms with Crippen molar-refractivity contribution in [2.45, 2.75) is 33.1 Å². The smallest absolute Gasteiger partial charge is 0.222 e. The van der Waals surface area contributed by atoms with Gasteiger partial charge in [0.15, 0.2) is 0 Å². The molecule has 1 aliphatic heterocycles. The third-order valence-corrected chi connectivity index (χ3v) is 3.72. The number of anilines is 2. The monoisotopic (exact) mass is 249 g/mol. The zero-order valence-electron chi connectivity index (χ0n) is 11.3. The van der Waals surface area contributed by atoms with E-state index in [2.05, 4.69) is 28.7 Å². The molecule has 1 aromatic heterocycles. The van der Waals surface area contributed by atoms with Gasteiger partial charge >= 0.3 is 0 Å². The molecule has 1 atom stereocenters. The minimum atomic E-state index is 0.377. The maximum Gasteiger partial charge on any atom is 0.222 e. The van der Waals surface area contributed by atoms with Crippen LogP contribution < -0.4 is 16.4 Å². The summed E-state index contributed by atoms with van der Waals surface area (Å²) >= 11 is 0. The molecular weight excluding hydrogens is 226 g/mol. The first kappa shape index (κ1) is 13.1. The first-order valence-corrected chi connectivity index (χ1v) is 6.73. The Balaban J connectivity index is 2.29. The summed E-state index contributed by atoms with van der Waals surface area (Å²) in [6, 6.07) is 0. The van der Waals surface area contributed by atoms with Gasteiger partial charge in [-0.1, -0.05) is 6.92 Å². The van der Waals surface area contributed by atoms with E-state index in [1.54, 1.807) is 0 Å². The topological polar surface area (TPSA) is 81.1 Å². The molecule has 0 bridgehead atoms. The number of nitrogens with zero attached hydrogens (tertiary/aromatic N) is 3. The van der Waals surface area contributed by atoms with Crippen molar-refractivity contribution in [3.05, 3.63) is 11.3 Å². The van der Waals surface area contributed by atoms with Crippen molar-refractivity contribution in [2.24, 2.45) is 11.7 Å². The molecule has 2 rings (SSSR count). The van der Waals surface area contributed by atoms with Gasteiger partial charge in [-0.05, 0) is 38.6 Å². The molecule has 4 N–H and O–H groups in total. The highest BCUT2D eigenvalue weighted by atomic mass is 15.2. The summed E-state index contributed by atoms with van der Waals surface area (Å²) < 4.78 is 0. The zero-order valence-corrected chi connectivity index (χ0v) is 11.3. The Hall–Kier alpha value is -1.36.